The molecule has 0 saturated carbocycles. The Balaban J connectivity index is 1.71. The highest BCUT2D eigenvalue weighted by Crippen LogP contribution is 2.12. The van der Waals surface area contributed by atoms with Crippen LogP contribution in [0.1, 0.15) is 15.9 Å². The summed E-state index contributed by atoms with van der Waals surface area (Å²) in [6.07, 6.45) is 2.97. The predicted molar refractivity (Wildman–Crippen MR) is 91.3 cm³/mol. The van der Waals surface area contributed by atoms with Gasteiger partial charge in [-0.3, -0.25) is 14.8 Å². The topological polar surface area (TPSA) is 108 Å². The van der Waals surface area contributed by atoms with Gasteiger partial charge in [0, 0.05) is 11.6 Å². The van der Waals surface area contributed by atoms with E-state index in [1.165, 1.54) is 18.2 Å². The molecule has 7 heteroatoms. The van der Waals surface area contributed by atoms with E-state index in [-0.39, 0.29) is 18.3 Å². The van der Waals surface area contributed by atoms with Gasteiger partial charge in [-0.25, -0.2) is 5.48 Å². The average Bonchev–Trinajstić information content (AvgIpc) is 2.63. The van der Waals surface area contributed by atoms with Crippen molar-refractivity contribution in [2.24, 2.45) is 0 Å². The molecule has 0 bridgehead atoms. The van der Waals surface area contributed by atoms with E-state index in [1.807, 2.05) is 0 Å². The molecule has 130 valence electrons. The maximum absolute atomic E-state index is 11.7. The van der Waals surface area contributed by atoms with Gasteiger partial charge in [0.2, 0.25) is 5.91 Å². The highest BCUT2D eigenvalue weighted by molar-refractivity contribution is 5.93. The lowest BCUT2D eigenvalue weighted by molar-refractivity contribution is -0.116. The SMILES string of the molecule is O=C(/C=C/c1cccc(O)c1)NCCOc1ccc(C(=O)NO)cc1. The van der Waals surface area contributed by atoms with Gasteiger partial charge in [0.15, 0.2) is 0 Å². The van der Waals surface area contributed by atoms with Gasteiger partial charge in [0.25, 0.3) is 5.91 Å². The summed E-state index contributed by atoms with van der Waals surface area (Å²) in [5.74, 6) is -0.197. The van der Waals surface area contributed by atoms with E-state index in [0.29, 0.717) is 17.9 Å². The zero-order valence-electron chi connectivity index (χ0n) is 13.3. The highest BCUT2D eigenvalue weighted by atomic mass is 16.5. The molecule has 0 aliphatic heterocycles. The van der Waals surface area contributed by atoms with Crippen LogP contribution in [0, 0.1) is 0 Å². The molecule has 0 radical (unpaired) electrons. The number of phenolic OH excluding ortho intramolecular Hbond substituents is 1. The molecule has 0 aliphatic rings. The van der Waals surface area contributed by atoms with Crippen LogP contribution in [0.15, 0.2) is 54.6 Å². The van der Waals surface area contributed by atoms with Gasteiger partial charge in [-0.15, -0.1) is 0 Å². The molecule has 2 aromatic carbocycles. The second-order valence-corrected chi connectivity index (χ2v) is 5.03. The lowest BCUT2D eigenvalue weighted by Gasteiger charge is -2.07. The quantitative estimate of drug-likeness (QED) is 0.265. The molecule has 4 N–H and O–H groups in total. The second-order valence-electron chi connectivity index (χ2n) is 5.03. The fourth-order valence-electron chi connectivity index (χ4n) is 1.97. The largest absolute Gasteiger partial charge is 0.508 e. The van der Waals surface area contributed by atoms with Gasteiger partial charge >= 0.3 is 0 Å². The molecule has 2 aromatic rings. The molecule has 0 unspecified atom stereocenters. The summed E-state index contributed by atoms with van der Waals surface area (Å²) < 4.78 is 5.44. The number of phenols is 1. The number of aromatic hydroxyl groups is 1. The van der Waals surface area contributed by atoms with Crippen molar-refractivity contribution in [3.05, 3.63) is 65.7 Å². The summed E-state index contributed by atoms with van der Waals surface area (Å²) in [5, 5.41) is 20.5. The molecule has 7 nitrogen and oxygen atoms in total. The van der Waals surface area contributed by atoms with E-state index in [0.717, 1.165) is 5.56 Å². The molecule has 0 fully saturated rings. The van der Waals surface area contributed by atoms with Crippen molar-refractivity contribution < 1.29 is 24.6 Å². The summed E-state index contributed by atoms with van der Waals surface area (Å²) in [4.78, 5) is 22.9. The molecule has 2 amide bonds. The summed E-state index contributed by atoms with van der Waals surface area (Å²) in [7, 11) is 0. The number of hydrogen-bond donors (Lipinski definition) is 4. The summed E-state index contributed by atoms with van der Waals surface area (Å²) in [5.41, 5.74) is 2.57. The Hall–Kier alpha value is -3.32. The van der Waals surface area contributed by atoms with E-state index in [2.05, 4.69) is 5.32 Å². The Kier molecular flexibility index (Phi) is 6.56. The van der Waals surface area contributed by atoms with Crippen LogP contribution in [-0.4, -0.2) is 35.3 Å². The van der Waals surface area contributed by atoms with Gasteiger partial charge in [0.1, 0.15) is 18.1 Å². The monoisotopic (exact) mass is 342 g/mol. The zero-order chi connectivity index (χ0) is 18.1. The summed E-state index contributed by atoms with van der Waals surface area (Å²) >= 11 is 0. The van der Waals surface area contributed by atoms with Gasteiger partial charge in [0.05, 0.1) is 6.54 Å². The van der Waals surface area contributed by atoms with E-state index in [9.17, 15) is 14.7 Å². The number of hydrogen-bond acceptors (Lipinski definition) is 5. The minimum Gasteiger partial charge on any atom is -0.508 e. The van der Waals surface area contributed by atoms with Gasteiger partial charge in [-0.1, -0.05) is 12.1 Å². The van der Waals surface area contributed by atoms with Crippen LogP contribution < -0.4 is 15.5 Å². The van der Waals surface area contributed by atoms with E-state index >= 15 is 0 Å². The lowest BCUT2D eigenvalue weighted by Crippen LogP contribution is -2.26. The third kappa shape index (κ3) is 6.00. The second kappa shape index (κ2) is 9.09. The minimum absolute atomic E-state index is 0.137. The molecule has 0 heterocycles. The number of nitrogens with one attached hydrogen (secondary N) is 2. The number of carbonyl (C=O) groups excluding carboxylic acids is 2. The lowest BCUT2D eigenvalue weighted by atomic mass is 10.2. The molecule has 0 aliphatic carbocycles. The molecule has 0 aromatic heterocycles. The maximum Gasteiger partial charge on any atom is 0.274 e. The van der Waals surface area contributed by atoms with Crippen molar-refractivity contribution in [3.8, 4) is 11.5 Å². The van der Waals surface area contributed by atoms with Crippen LogP contribution in [0.25, 0.3) is 6.08 Å². The van der Waals surface area contributed by atoms with Crippen molar-refractivity contribution in [1.82, 2.24) is 10.8 Å². The molecule has 0 spiro atoms. The number of rotatable bonds is 7. The van der Waals surface area contributed by atoms with Crippen LogP contribution in [0.4, 0.5) is 0 Å². The highest BCUT2D eigenvalue weighted by Gasteiger charge is 2.03. The third-order valence-corrected chi connectivity index (χ3v) is 3.19. The predicted octanol–water partition coefficient (Wildman–Crippen LogP) is 1.72. The van der Waals surface area contributed by atoms with Crippen molar-refractivity contribution in [2.45, 2.75) is 0 Å². The Labute approximate surface area is 144 Å². The first-order chi connectivity index (χ1) is 12.1. The van der Waals surface area contributed by atoms with E-state index in [1.54, 1.807) is 48.0 Å². The zero-order valence-corrected chi connectivity index (χ0v) is 13.3. The standard InChI is InChI=1S/C18H18N2O5/c21-15-3-1-2-13(12-15)4-9-17(22)19-10-11-25-16-7-5-14(6-8-16)18(23)20-24/h1-9,12,21,24H,10-11H2,(H,19,22)(H,20,23)/b9-4+. The Bertz CT molecular complexity index is 756. The maximum atomic E-state index is 11.7. The third-order valence-electron chi connectivity index (χ3n) is 3.19. The van der Waals surface area contributed by atoms with Crippen LogP contribution in [0.3, 0.4) is 0 Å². The van der Waals surface area contributed by atoms with Crippen molar-refractivity contribution in [3.63, 3.8) is 0 Å². The minimum atomic E-state index is -0.600. The number of ether oxygens (including phenoxy) is 1. The summed E-state index contributed by atoms with van der Waals surface area (Å²) in [6.45, 7) is 0.569. The van der Waals surface area contributed by atoms with Crippen LogP contribution >= 0.6 is 0 Å². The van der Waals surface area contributed by atoms with Crippen molar-refractivity contribution >= 4 is 17.9 Å². The van der Waals surface area contributed by atoms with Gasteiger partial charge < -0.3 is 15.2 Å². The van der Waals surface area contributed by atoms with Crippen LogP contribution in [-0.2, 0) is 4.79 Å². The van der Waals surface area contributed by atoms with Crippen molar-refractivity contribution in [2.75, 3.05) is 13.2 Å². The average molecular weight is 342 g/mol. The van der Waals surface area contributed by atoms with Crippen LogP contribution in [0.2, 0.25) is 0 Å². The van der Waals surface area contributed by atoms with Crippen LogP contribution in [0.5, 0.6) is 11.5 Å². The number of amides is 2. The Morgan fingerprint density at radius 2 is 1.88 bits per heavy atom. The van der Waals surface area contributed by atoms with Gasteiger partial charge in [-0.2, -0.15) is 0 Å². The smallest absolute Gasteiger partial charge is 0.274 e. The fourth-order valence-corrected chi connectivity index (χ4v) is 1.97. The molecule has 0 atom stereocenters. The van der Waals surface area contributed by atoms with E-state index in [4.69, 9.17) is 9.94 Å². The molecule has 25 heavy (non-hydrogen) atoms. The summed E-state index contributed by atoms with van der Waals surface area (Å²) in [6, 6.07) is 12.8. The number of benzene rings is 2. The molecular weight excluding hydrogens is 324 g/mol. The fraction of sp³-hybridized carbons (Fsp3) is 0.111. The Morgan fingerprint density at radius 1 is 1.12 bits per heavy atom. The first-order valence-electron chi connectivity index (χ1n) is 7.51. The van der Waals surface area contributed by atoms with Gasteiger partial charge in [-0.05, 0) is 48.0 Å². The molecule has 2 rings (SSSR count). The first kappa shape index (κ1) is 18.0. The van der Waals surface area contributed by atoms with Crippen molar-refractivity contribution in [1.29, 1.82) is 0 Å². The number of carbonyl (C=O) groups is 2. The first-order valence-corrected chi connectivity index (χ1v) is 7.51. The molecule has 0 saturated heterocycles. The number of hydroxylamine groups is 1. The molecular formula is C18H18N2O5. The normalized spacial score (nSPS) is 10.4. The Morgan fingerprint density at radius 3 is 2.56 bits per heavy atom. The van der Waals surface area contributed by atoms with E-state index < -0.39 is 5.91 Å².